The van der Waals surface area contributed by atoms with E-state index in [1.807, 2.05) is 5.38 Å². The number of carbonyl (C=O) groups is 2. The molecule has 0 spiro atoms. The summed E-state index contributed by atoms with van der Waals surface area (Å²) < 4.78 is 1.16. The van der Waals surface area contributed by atoms with E-state index in [9.17, 15) is 9.59 Å². The molecule has 5 rings (SSSR count). The van der Waals surface area contributed by atoms with Gasteiger partial charge < -0.3 is 10.4 Å². The smallest absolute Gasteiger partial charge is 0.303 e. The van der Waals surface area contributed by atoms with Crippen LogP contribution in [0.1, 0.15) is 68.3 Å². The molecule has 1 heterocycles. The van der Waals surface area contributed by atoms with E-state index in [0.717, 1.165) is 40.8 Å². The van der Waals surface area contributed by atoms with Crippen molar-refractivity contribution in [1.29, 1.82) is 0 Å². The molecule has 166 valence electrons. The molecule has 3 aliphatic carbocycles. The fourth-order valence-corrected chi connectivity index (χ4v) is 6.60. The van der Waals surface area contributed by atoms with E-state index < -0.39 is 5.97 Å². The molecule has 0 saturated heterocycles. The minimum absolute atomic E-state index is 0.0541. The highest BCUT2D eigenvalue weighted by Crippen LogP contribution is 2.61. The lowest BCUT2D eigenvalue weighted by Gasteiger charge is -2.62. The molecular weight excluding hydrogens is 406 g/mol. The Bertz CT molecular complexity index is 1010. The molecule has 1 aromatic carbocycles. The predicted octanol–water partition coefficient (Wildman–Crippen LogP) is 6.19. The van der Waals surface area contributed by atoms with E-state index in [1.165, 1.54) is 12.0 Å². The summed E-state index contributed by atoms with van der Waals surface area (Å²) in [5.74, 6) is 1.02. The molecule has 0 aliphatic heterocycles. The Morgan fingerprint density at radius 2 is 2.06 bits per heavy atom. The summed E-state index contributed by atoms with van der Waals surface area (Å²) in [7, 11) is 0. The molecule has 2 bridgehead atoms. The number of rotatable bonds is 8. The van der Waals surface area contributed by atoms with Crippen molar-refractivity contribution in [3.05, 3.63) is 46.9 Å². The molecule has 1 amide bonds. The van der Waals surface area contributed by atoms with Crippen LogP contribution >= 0.6 is 11.3 Å². The highest BCUT2D eigenvalue weighted by Gasteiger charge is 2.57. The Kier molecular flexibility index (Phi) is 6.25. The van der Waals surface area contributed by atoms with Gasteiger partial charge in [-0.25, -0.2) is 0 Å². The minimum Gasteiger partial charge on any atom is -0.481 e. The lowest BCUT2D eigenvalue weighted by atomic mass is 9.44. The molecule has 3 fully saturated rings. The Morgan fingerprint density at radius 3 is 2.81 bits per heavy atom. The molecule has 4 atom stereocenters. The van der Waals surface area contributed by atoms with Gasteiger partial charge in [0.05, 0.1) is 5.56 Å². The van der Waals surface area contributed by atoms with E-state index in [-0.39, 0.29) is 23.8 Å². The van der Waals surface area contributed by atoms with Crippen molar-refractivity contribution in [3.8, 4) is 0 Å². The molecule has 0 radical (unpaired) electrons. The minimum atomic E-state index is -0.734. The van der Waals surface area contributed by atoms with Crippen LogP contribution in [-0.2, 0) is 4.79 Å². The van der Waals surface area contributed by atoms with E-state index in [4.69, 9.17) is 5.11 Å². The first-order chi connectivity index (χ1) is 14.8. The van der Waals surface area contributed by atoms with Crippen molar-refractivity contribution in [2.75, 3.05) is 0 Å². The third-order valence-electron chi connectivity index (χ3n) is 7.71. The van der Waals surface area contributed by atoms with Crippen molar-refractivity contribution in [1.82, 2.24) is 5.32 Å². The normalized spacial score (nSPS) is 26.7. The van der Waals surface area contributed by atoms with Gasteiger partial charge in [-0.15, -0.1) is 11.3 Å². The van der Waals surface area contributed by atoms with E-state index in [1.54, 1.807) is 11.3 Å². The lowest BCUT2D eigenvalue weighted by Crippen LogP contribution is -2.63. The maximum atomic E-state index is 13.3. The SMILES string of the molecule is Cc1ccc2scc(C(=O)N[C@H]3[C@H](CC=CCCCC(=O)O)C[C@H]4C[C@@H]3C4(C)C)c2c1. The van der Waals surface area contributed by atoms with Gasteiger partial charge in [-0.1, -0.05) is 37.6 Å². The molecule has 3 aliphatic rings. The van der Waals surface area contributed by atoms with Crippen LogP contribution in [0.4, 0.5) is 0 Å². The number of allylic oxidation sites excluding steroid dienone is 2. The van der Waals surface area contributed by atoms with Crippen molar-refractivity contribution >= 4 is 33.3 Å². The molecule has 1 aromatic heterocycles. The average molecular weight is 440 g/mol. The highest BCUT2D eigenvalue weighted by molar-refractivity contribution is 7.17. The molecule has 3 saturated carbocycles. The van der Waals surface area contributed by atoms with Crippen molar-refractivity contribution in [2.45, 2.75) is 65.3 Å². The Balaban J connectivity index is 1.46. The van der Waals surface area contributed by atoms with Crippen molar-refractivity contribution < 1.29 is 14.7 Å². The number of carbonyl (C=O) groups excluding carboxylic acids is 1. The van der Waals surface area contributed by atoms with E-state index in [0.29, 0.717) is 18.3 Å². The van der Waals surface area contributed by atoms with Crippen LogP contribution < -0.4 is 5.32 Å². The second-order valence-electron chi connectivity index (χ2n) is 10.00. The van der Waals surface area contributed by atoms with Crippen LogP contribution in [0.3, 0.4) is 0 Å². The first kappa shape index (κ1) is 22.1. The monoisotopic (exact) mass is 439 g/mol. The van der Waals surface area contributed by atoms with Gasteiger partial charge in [0.15, 0.2) is 0 Å². The lowest BCUT2D eigenvalue weighted by molar-refractivity contribution is -0.137. The first-order valence-electron chi connectivity index (χ1n) is 11.4. The number of carboxylic acid groups (broad SMARTS) is 1. The van der Waals surface area contributed by atoms with Gasteiger partial charge in [0.25, 0.3) is 5.91 Å². The Labute approximate surface area is 188 Å². The zero-order valence-corrected chi connectivity index (χ0v) is 19.5. The third-order valence-corrected chi connectivity index (χ3v) is 8.68. The van der Waals surface area contributed by atoms with Crippen LogP contribution in [0.2, 0.25) is 0 Å². The number of unbranched alkanes of at least 4 members (excludes halogenated alkanes) is 1. The fraction of sp³-hybridized carbons (Fsp3) is 0.538. The van der Waals surface area contributed by atoms with Gasteiger partial charge in [-0.3, -0.25) is 9.59 Å². The predicted molar refractivity (Wildman–Crippen MR) is 127 cm³/mol. The zero-order chi connectivity index (χ0) is 22.2. The summed E-state index contributed by atoms with van der Waals surface area (Å²) in [5, 5.41) is 15.3. The van der Waals surface area contributed by atoms with Crippen LogP contribution in [-0.4, -0.2) is 23.0 Å². The van der Waals surface area contributed by atoms with E-state index >= 15 is 0 Å². The second-order valence-corrected chi connectivity index (χ2v) is 10.9. The van der Waals surface area contributed by atoms with Crippen LogP contribution in [0.15, 0.2) is 35.7 Å². The van der Waals surface area contributed by atoms with Gasteiger partial charge in [0, 0.05) is 27.9 Å². The van der Waals surface area contributed by atoms with Gasteiger partial charge >= 0.3 is 5.97 Å². The summed E-state index contributed by atoms with van der Waals surface area (Å²) in [6, 6.07) is 6.50. The quantitative estimate of drug-likeness (QED) is 0.381. The van der Waals surface area contributed by atoms with Crippen molar-refractivity contribution in [2.24, 2.45) is 23.2 Å². The van der Waals surface area contributed by atoms with Gasteiger partial charge in [-0.05, 0) is 74.3 Å². The molecule has 31 heavy (non-hydrogen) atoms. The number of thiophene rings is 1. The third kappa shape index (κ3) is 4.43. The number of hydrogen-bond acceptors (Lipinski definition) is 3. The zero-order valence-electron chi connectivity index (χ0n) is 18.7. The summed E-state index contributed by atoms with van der Waals surface area (Å²) in [4.78, 5) is 24.0. The second kappa shape index (κ2) is 8.78. The molecular formula is C26H33NO3S. The number of amides is 1. The number of aliphatic carboxylic acids is 1. The summed E-state index contributed by atoms with van der Waals surface area (Å²) in [6.07, 6.45) is 9.32. The molecule has 2 N–H and O–H groups in total. The fourth-order valence-electron chi connectivity index (χ4n) is 5.68. The van der Waals surface area contributed by atoms with Gasteiger partial charge in [-0.2, -0.15) is 0 Å². The Morgan fingerprint density at radius 1 is 1.26 bits per heavy atom. The largest absolute Gasteiger partial charge is 0.481 e. The molecule has 2 aromatic rings. The summed E-state index contributed by atoms with van der Waals surface area (Å²) in [5.41, 5.74) is 2.25. The van der Waals surface area contributed by atoms with Crippen LogP contribution in [0.25, 0.3) is 10.1 Å². The highest BCUT2D eigenvalue weighted by atomic mass is 32.1. The molecule has 4 nitrogen and oxygen atoms in total. The molecule has 5 heteroatoms. The standard InChI is InChI=1S/C26H33NO3S/c1-16-10-11-22-19(12-16)20(15-31-22)25(30)27-24-17(8-6-4-5-7-9-23(28)29)13-18-14-21(24)26(18,2)3/h4,6,10-12,15,17-18,21,24H,5,7-9,13-14H2,1-3H3,(H,27,30)(H,28,29)/t17-,18+,21+,24+/m1/s1. The van der Waals surface area contributed by atoms with Crippen LogP contribution in [0.5, 0.6) is 0 Å². The number of carboxylic acids is 1. The first-order valence-corrected chi connectivity index (χ1v) is 12.3. The number of benzene rings is 1. The molecule has 0 unspecified atom stereocenters. The average Bonchev–Trinajstić information content (AvgIpc) is 3.13. The van der Waals surface area contributed by atoms with E-state index in [2.05, 4.69) is 56.4 Å². The number of hydrogen-bond donors (Lipinski definition) is 2. The number of nitrogens with one attached hydrogen (secondary N) is 1. The summed E-state index contributed by atoms with van der Waals surface area (Å²) in [6.45, 7) is 6.77. The number of fused-ring (bicyclic) bond motifs is 3. The van der Waals surface area contributed by atoms with Crippen LogP contribution in [0, 0.1) is 30.1 Å². The topological polar surface area (TPSA) is 66.4 Å². The van der Waals surface area contributed by atoms with Gasteiger partial charge in [0.2, 0.25) is 0 Å². The Hall–Kier alpha value is -2.14. The van der Waals surface area contributed by atoms with Gasteiger partial charge in [0.1, 0.15) is 0 Å². The maximum absolute atomic E-state index is 13.3. The maximum Gasteiger partial charge on any atom is 0.303 e. The summed E-state index contributed by atoms with van der Waals surface area (Å²) >= 11 is 1.63. The van der Waals surface area contributed by atoms with Crippen molar-refractivity contribution in [3.63, 3.8) is 0 Å². The number of aryl methyl sites for hydroxylation is 1.